The number of nitrogens with zero attached hydrogens (tertiary/aromatic N) is 2. The number of hydrogen-bond donors (Lipinski definition) is 1. The molecule has 1 unspecified atom stereocenters. The molecule has 0 saturated heterocycles. The minimum atomic E-state index is -0.675. The summed E-state index contributed by atoms with van der Waals surface area (Å²) in [6.45, 7) is -0.273. The molecule has 3 heterocycles. The minimum Gasteiger partial charge on any atom is -0.483 e. The van der Waals surface area contributed by atoms with Gasteiger partial charge in [0.1, 0.15) is 5.75 Å². The van der Waals surface area contributed by atoms with Crippen molar-refractivity contribution >= 4 is 51.8 Å². The number of carbonyl (C=O) groups is 2. The lowest BCUT2D eigenvalue weighted by molar-refractivity contribution is -0.135. The molecule has 0 bridgehead atoms. The van der Waals surface area contributed by atoms with Crippen LogP contribution in [0.15, 0.2) is 58.3 Å². The minimum absolute atomic E-state index is 0.129. The molecule has 6 nitrogen and oxygen atoms in total. The summed E-state index contributed by atoms with van der Waals surface area (Å²) in [4.78, 5) is 26.7. The van der Waals surface area contributed by atoms with Gasteiger partial charge in [0.15, 0.2) is 6.61 Å². The van der Waals surface area contributed by atoms with Gasteiger partial charge in [-0.3, -0.25) is 9.59 Å². The van der Waals surface area contributed by atoms with Gasteiger partial charge < -0.3 is 10.5 Å². The zero-order valence-corrected chi connectivity index (χ0v) is 17.5. The number of halogens is 1. The van der Waals surface area contributed by atoms with Crippen molar-refractivity contribution in [2.24, 2.45) is 10.8 Å². The molecular weight excluding hydrogens is 430 g/mol. The van der Waals surface area contributed by atoms with Crippen molar-refractivity contribution in [2.75, 3.05) is 6.61 Å². The Kier molecular flexibility index (Phi) is 5.66. The summed E-state index contributed by atoms with van der Waals surface area (Å²) in [5, 5.41) is 10.4. The maximum absolute atomic E-state index is 12.9. The van der Waals surface area contributed by atoms with Crippen LogP contribution in [0.3, 0.4) is 0 Å². The fourth-order valence-electron chi connectivity index (χ4n) is 3.06. The molecule has 4 rings (SSSR count). The molecule has 2 N–H and O–H groups in total. The van der Waals surface area contributed by atoms with Crippen LogP contribution in [0.5, 0.6) is 5.75 Å². The van der Waals surface area contributed by atoms with Crippen LogP contribution in [0.2, 0.25) is 5.02 Å². The van der Waals surface area contributed by atoms with Crippen LogP contribution in [0.4, 0.5) is 0 Å². The van der Waals surface area contributed by atoms with Crippen LogP contribution >= 0.6 is 34.3 Å². The average molecular weight is 446 g/mol. The molecule has 1 atom stereocenters. The van der Waals surface area contributed by atoms with E-state index in [2.05, 4.69) is 5.10 Å². The van der Waals surface area contributed by atoms with E-state index >= 15 is 0 Å². The first-order chi connectivity index (χ1) is 14.0. The molecule has 2 aromatic heterocycles. The van der Waals surface area contributed by atoms with E-state index in [9.17, 15) is 9.59 Å². The Morgan fingerprint density at radius 3 is 2.69 bits per heavy atom. The first-order valence-electron chi connectivity index (χ1n) is 8.72. The molecule has 0 spiro atoms. The molecule has 1 aromatic carbocycles. The predicted molar refractivity (Wildman–Crippen MR) is 115 cm³/mol. The number of hydrazone groups is 1. The van der Waals surface area contributed by atoms with Crippen molar-refractivity contribution < 1.29 is 14.3 Å². The highest BCUT2D eigenvalue weighted by Crippen LogP contribution is 2.36. The second-order valence-corrected chi connectivity index (χ2v) is 8.65. The average Bonchev–Trinajstić information content (AvgIpc) is 3.47. The van der Waals surface area contributed by atoms with Crippen LogP contribution in [0, 0.1) is 0 Å². The lowest BCUT2D eigenvalue weighted by atomic mass is 10.1. The van der Waals surface area contributed by atoms with E-state index in [-0.39, 0.29) is 29.9 Å². The lowest BCUT2D eigenvalue weighted by Gasteiger charge is -2.21. The van der Waals surface area contributed by atoms with Gasteiger partial charge in [-0.05, 0) is 41.1 Å². The second-order valence-electron chi connectivity index (χ2n) is 6.29. The number of amides is 2. The Bertz CT molecular complexity index is 1060. The molecule has 2 amide bonds. The number of benzene rings is 1. The maximum atomic E-state index is 12.9. The Labute approximate surface area is 180 Å². The summed E-state index contributed by atoms with van der Waals surface area (Å²) < 4.78 is 5.61. The number of nitrogens with two attached hydrogens (primary N) is 1. The summed E-state index contributed by atoms with van der Waals surface area (Å²) >= 11 is 9.09. The number of ether oxygens (including phenoxy) is 1. The van der Waals surface area contributed by atoms with Crippen LogP contribution in [0.25, 0.3) is 0 Å². The Hall–Kier alpha value is -2.68. The van der Waals surface area contributed by atoms with Crippen LogP contribution < -0.4 is 10.5 Å². The van der Waals surface area contributed by atoms with Gasteiger partial charge in [0.25, 0.3) is 11.8 Å². The van der Waals surface area contributed by atoms with Crippen LogP contribution in [-0.2, 0) is 4.79 Å². The van der Waals surface area contributed by atoms with Crippen molar-refractivity contribution in [3.63, 3.8) is 0 Å². The van der Waals surface area contributed by atoms with E-state index in [0.717, 1.165) is 15.5 Å². The van der Waals surface area contributed by atoms with Gasteiger partial charge in [0.2, 0.25) is 0 Å². The van der Waals surface area contributed by atoms with E-state index in [1.54, 1.807) is 28.7 Å². The number of rotatable bonds is 6. The molecule has 1 aliphatic heterocycles. The fourth-order valence-corrected chi connectivity index (χ4v) is 4.77. The summed E-state index contributed by atoms with van der Waals surface area (Å²) in [6, 6.07) is 12.2. The van der Waals surface area contributed by atoms with Crippen molar-refractivity contribution in [1.82, 2.24) is 5.01 Å². The van der Waals surface area contributed by atoms with E-state index < -0.39 is 5.91 Å². The molecule has 9 heteroatoms. The first kappa shape index (κ1) is 19.6. The number of thiophene rings is 2. The van der Waals surface area contributed by atoms with E-state index in [1.165, 1.54) is 17.1 Å². The Morgan fingerprint density at radius 1 is 1.21 bits per heavy atom. The Morgan fingerprint density at radius 2 is 2.00 bits per heavy atom. The maximum Gasteiger partial charge on any atom is 0.281 e. The molecule has 0 fully saturated rings. The first-order valence-corrected chi connectivity index (χ1v) is 10.9. The standard InChI is InChI=1S/C20H16ClN3O3S2/c21-12-5-6-16(13(9-12)20(22)26)27-11-19(25)24-15(18-4-2-8-29-18)10-14(23-24)17-3-1-7-28-17/h1-9,15H,10-11H2,(H2,22,26). The molecule has 0 saturated carbocycles. The fraction of sp³-hybridized carbons (Fsp3) is 0.150. The van der Waals surface area contributed by atoms with Gasteiger partial charge in [-0.15, -0.1) is 22.7 Å². The third kappa shape index (κ3) is 4.19. The van der Waals surface area contributed by atoms with E-state index in [4.69, 9.17) is 22.1 Å². The lowest BCUT2D eigenvalue weighted by Crippen LogP contribution is -2.31. The largest absolute Gasteiger partial charge is 0.483 e. The molecule has 0 aliphatic carbocycles. The SMILES string of the molecule is NC(=O)c1cc(Cl)ccc1OCC(=O)N1N=C(c2cccs2)CC1c1cccs1. The van der Waals surface area contributed by atoms with Gasteiger partial charge in [-0.2, -0.15) is 5.10 Å². The predicted octanol–water partition coefficient (Wildman–Crippen LogP) is 4.32. The summed E-state index contributed by atoms with van der Waals surface area (Å²) in [5.41, 5.74) is 6.38. The monoisotopic (exact) mass is 445 g/mol. The second kappa shape index (κ2) is 8.36. The topological polar surface area (TPSA) is 85.0 Å². The summed E-state index contributed by atoms with van der Waals surface area (Å²) in [5.74, 6) is -0.768. The van der Waals surface area contributed by atoms with Gasteiger partial charge in [-0.1, -0.05) is 23.7 Å². The highest BCUT2D eigenvalue weighted by Gasteiger charge is 2.34. The van der Waals surface area contributed by atoms with Gasteiger partial charge >= 0.3 is 0 Å². The summed E-state index contributed by atoms with van der Waals surface area (Å²) in [7, 11) is 0. The number of carbonyl (C=O) groups excluding carboxylic acids is 2. The van der Waals surface area contributed by atoms with Crippen LogP contribution in [0.1, 0.15) is 32.6 Å². The third-order valence-electron chi connectivity index (χ3n) is 4.40. The van der Waals surface area contributed by atoms with Crippen LogP contribution in [-0.4, -0.2) is 29.1 Å². The number of primary amides is 1. The molecule has 1 aliphatic rings. The molecular formula is C20H16ClN3O3S2. The zero-order valence-electron chi connectivity index (χ0n) is 15.1. The van der Waals surface area contributed by atoms with Gasteiger partial charge in [0.05, 0.1) is 22.2 Å². The van der Waals surface area contributed by atoms with Crippen molar-refractivity contribution in [2.45, 2.75) is 12.5 Å². The highest BCUT2D eigenvalue weighted by molar-refractivity contribution is 7.12. The third-order valence-corrected chi connectivity index (χ3v) is 6.53. The smallest absolute Gasteiger partial charge is 0.281 e. The van der Waals surface area contributed by atoms with Crippen molar-refractivity contribution in [3.8, 4) is 5.75 Å². The Balaban J connectivity index is 1.55. The number of hydrogen-bond acceptors (Lipinski definition) is 6. The van der Waals surface area contributed by atoms with Gasteiger partial charge in [0, 0.05) is 16.3 Å². The summed E-state index contributed by atoms with van der Waals surface area (Å²) in [6.07, 6.45) is 0.639. The quantitative estimate of drug-likeness (QED) is 0.613. The molecule has 3 aromatic rings. The van der Waals surface area contributed by atoms with Crippen molar-refractivity contribution in [1.29, 1.82) is 0 Å². The van der Waals surface area contributed by atoms with E-state index in [0.29, 0.717) is 11.4 Å². The zero-order chi connectivity index (χ0) is 20.4. The molecule has 29 heavy (non-hydrogen) atoms. The van der Waals surface area contributed by atoms with E-state index in [1.807, 2.05) is 35.0 Å². The normalized spacial score (nSPS) is 16.0. The molecule has 148 valence electrons. The van der Waals surface area contributed by atoms with Gasteiger partial charge in [-0.25, -0.2) is 5.01 Å². The highest BCUT2D eigenvalue weighted by atomic mass is 35.5. The molecule has 0 radical (unpaired) electrons. The van der Waals surface area contributed by atoms with Crippen molar-refractivity contribution in [3.05, 3.63) is 73.6 Å².